The number of carboxylic acids is 1. The molecule has 8 nitrogen and oxygen atoms in total. The molecule has 0 radical (unpaired) electrons. The number of carboxylic acid groups (broad SMARTS) is 1. The molecule has 1 aliphatic carbocycles. The fourth-order valence-corrected chi connectivity index (χ4v) is 3.27. The summed E-state index contributed by atoms with van der Waals surface area (Å²) in [5, 5.41) is 15.0. The summed E-state index contributed by atoms with van der Waals surface area (Å²) in [5.41, 5.74) is 0.540. The molecular weight excluding hydrogens is 364 g/mol. The number of ether oxygens (including phenoxy) is 2. The first kappa shape index (κ1) is 21.8. The maximum absolute atomic E-state index is 12.5. The van der Waals surface area contributed by atoms with Gasteiger partial charge in [-0.05, 0) is 31.2 Å². The number of aliphatic carboxylic acids is 1. The number of nitrogens with one attached hydrogen (secondary N) is 2. The summed E-state index contributed by atoms with van der Waals surface area (Å²) in [7, 11) is 1.57. The van der Waals surface area contributed by atoms with E-state index < -0.39 is 12.0 Å². The SMILES string of the molecule is COCCOCC(=O)NC1CCC(C(=O)N[C@H](C(=O)O)c2ccccc2)CC1. The first-order valence-corrected chi connectivity index (χ1v) is 9.45. The Hall–Kier alpha value is -2.45. The third kappa shape index (κ3) is 6.94. The smallest absolute Gasteiger partial charge is 0.330 e. The van der Waals surface area contributed by atoms with Gasteiger partial charge in [0.25, 0.3) is 0 Å². The van der Waals surface area contributed by atoms with Crippen LogP contribution in [0.4, 0.5) is 0 Å². The minimum atomic E-state index is -1.09. The highest BCUT2D eigenvalue weighted by Crippen LogP contribution is 2.25. The van der Waals surface area contributed by atoms with Crippen molar-refractivity contribution >= 4 is 17.8 Å². The predicted octanol–water partition coefficient (Wildman–Crippen LogP) is 1.27. The van der Waals surface area contributed by atoms with Gasteiger partial charge in [-0.3, -0.25) is 9.59 Å². The lowest BCUT2D eigenvalue weighted by atomic mass is 9.85. The molecule has 1 aromatic carbocycles. The van der Waals surface area contributed by atoms with Gasteiger partial charge in [-0.2, -0.15) is 0 Å². The van der Waals surface area contributed by atoms with Crippen molar-refractivity contribution in [1.29, 1.82) is 0 Å². The van der Waals surface area contributed by atoms with Crippen LogP contribution in [0.3, 0.4) is 0 Å². The molecule has 1 aromatic rings. The van der Waals surface area contributed by atoms with Crippen molar-refractivity contribution in [2.75, 3.05) is 26.9 Å². The van der Waals surface area contributed by atoms with E-state index in [1.54, 1.807) is 37.4 Å². The van der Waals surface area contributed by atoms with Crippen LogP contribution in [0.25, 0.3) is 0 Å². The third-order valence-corrected chi connectivity index (χ3v) is 4.79. The standard InChI is InChI=1S/C20H28N2O6/c1-27-11-12-28-13-17(23)21-16-9-7-15(8-10-16)19(24)22-18(20(25)26)14-5-3-2-4-6-14/h2-6,15-16,18H,7-13H2,1H3,(H,21,23)(H,22,24)(H,25,26)/t15?,16?,18-/m0/s1. The van der Waals surface area contributed by atoms with Gasteiger partial charge >= 0.3 is 5.97 Å². The van der Waals surface area contributed by atoms with E-state index in [4.69, 9.17) is 9.47 Å². The van der Waals surface area contributed by atoms with Gasteiger partial charge in [0.05, 0.1) is 13.2 Å². The number of amides is 2. The number of benzene rings is 1. The molecule has 1 aliphatic rings. The molecule has 0 heterocycles. The van der Waals surface area contributed by atoms with Crippen molar-refractivity contribution in [3.05, 3.63) is 35.9 Å². The van der Waals surface area contributed by atoms with Gasteiger partial charge in [-0.15, -0.1) is 0 Å². The number of methoxy groups -OCH3 is 1. The second-order valence-electron chi connectivity index (χ2n) is 6.85. The lowest BCUT2D eigenvalue weighted by Gasteiger charge is -2.29. The average molecular weight is 392 g/mol. The van der Waals surface area contributed by atoms with Gasteiger partial charge in [-0.1, -0.05) is 30.3 Å². The van der Waals surface area contributed by atoms with Crippen LogP contribution in [0, 0.1) is 5.92 Å². The van der Waals surface area contributed by atoms with Crippen LogP contribution in [0.2, 0.25) is 0 Å². The van der Waals surface area contributed by atoms with Crippen LogP contribution >= 0.6 is 0 Å². The van der Waals surface area contributed by atoms with E-state index in [1.807, 2.05) is 0 Å². The van der Waals surface area contributed by atoms with Crippen LogP contribution in [0.15, 0.2) is 30.3 Å². The van der Waals surface area contributed by atoms with Gasteiger partial charge in [0, 0.05) is 19.1 Å². The Morgan fingerprint density at radius 3 is 2.39 bits per heavy atom. The Bertz CT molecular complexity index is 643. The predicted molar refractivity (Wildman–Crippen MR) is 102 cm³/mol. The first-order valence-electron chi connectivity index (χ1n) is 9.45. The minimum absolute atomic E-state index is 0.00645. The molecule has 8 heteroatoms. The summed E-state index contributed by atoms with van der Waals surface area (Å²) in [6, 6.07) is 7.58. The molecule has 0 bridgehead atoms. The monoisotopic (exact) mass is 392 g/mol. The van der Waals surface area contributed by atoms with Crippen LogP contribution in [0.5, 0.6) is 0 Å². The average Bonchev–Trinajstić information content (AvgIpc) is 2.70. The zero-order valence-corrected chi connectivity index (χ0v) is 16.1. The normalized spacial score (nSPS) is 20.2. The fraction of sp³-hybridized carbons (Fsp3) is 0.550. The molecule has 0 unspecified atom stereocenters. The van der Waals surface area contributed by atoms with Crippen LogP contribution < -0.4 is 10.6 Å². The molecule has 0 saturated heterocycles. The largest absolute Gasteiger partial charge is 0.479 e. The number of carbonyl (C=O) groups excluding carboxylic acids is 2. The Morgan fingerprint density at radius 1 is 1.11 bits per heavy atom. The molecule has 28 heavy (non-hydrogen) atoms. The summed E-state index contributed by atoms with van der Waals surface area (Å²) in [4.78, 5) is 35.9. The molecule has 0 aliphatic heterocycles. The Labute approximate surface area is 164 Å². The van der Waals surface area contributed by atoms with Crippen molar-refractivity contribution in [1.82, 2.24) is 10.6 Å². The van der Waals surface area contributed by atoms with Crippen molar-refractivity contribution in [2.45, 2.75) is 37.8 Å². The lowest BCUT2D eigenvalue weighted by Crippen LogP contribution is -2.43. The molecule has 1 fully saturated rings. The number of hydrogen-bond donors (Lipinski definition) is 3. The maximum Gasteiger partial charge on any atom is 0.330 e. The highest BCUT2D eigenvalue weighted by atomic mass is 16.5. The summed E-state index contributed by atoms with van der Waals surface area (Å²) < 4.78 is 10.0. The first-order chi connectivity index (χ1) is 13.5. The van der Waals surface area contributed by atoms with Gasteiger partial charge in [0.2, 0.25) is 11.8 Å². The quantitative estimate of drug-likeness (QED) is 0.517. The maximum atomic E-state index is 12.5. The van der Waals surface area contributed by atoms with Crippen LogP contribution in [0.1, 0.15) is 37.3 Å². The van der Waals surface area contributed by atoms with Crippen molar-refractivity contribution in [3.8, 4) is 0 Å². The Balaban J connectivity index is 1.76. The summed E-state index contributed by atoms with van der Waals surface area (Å²) in [6.07, 6.45) is 2.54. The number of carbonyl (C=O) groups is 3. The van der Waals surface area contributed by atoms with Crippen molar-refractivity contribution < 1.29 is 29.0 Å². The van der Waals surface area contributed by atoms with E-state index >= 15 is 0 Å². The van der Waals surface area contributed by atoms with Crippen molar-refractivity contribution in [3.63, 3.8) is 0 Å². The zero-order chi connectivity index (χ0) is 20.4. The van der Waals surface area contributed by atoms with Gasteiger partial charge in [-0.25, -0.2) is 4.79 Å². The summed E-state index contributed by atoms with van der Waals surface area (Å²) in [5.74, 6) is -1.78. The second-order valence-corrected chi connectivity index (χ2v) is 6.85. The number of hydrogen-bond acceptors (Lipinski definition) is 5. The Morgan fingerprint density at radius 2 is 1.79 bits per heavy atom. The van der Waals surface area contributed by atoms with E-state index in [1.165, 1.54) is 0 Å². The van der Waals surface area contributed by atoms with Gasteiger partial charge in [0.15, 0.2) is 6.04 Å². The lowest BCUT2D eigenvalue weighted by molar-refractivity contribution is -0.143. The molecule has 3 N–H and O–H groups in total. The van der Waals surface area contributed by atoms with Gasteiger partial charge in [0.1, 0.15) is 6.61 Å². The van der Waals surface area contributed by atoms with E-state index in [0.717, 1.165) is 0 Å². The molecular formula is C20H28N2O6. The minimum Gasteiger partial charge on any atom is -0.479 e. The molecule has 2 rings (SSSR count). The summed E-state index contributed by atoms with van der Waals surface area (Å²) in [6.45, 7) is 0.790. The van der Waals surface area contributed by atoms with Crippen LogP contribution in [-0.4, -0.2) is 55.9 Å². The Kier molecular flexibility index (Phi) is 8.90. The van der Waals surface area contributed by atoms with E-state index in [-0.39, 0.29) is 30.4 Å². The molecule has 0 spiro atoms. The molecule has 154 valence electrons. The van der Waals surface area contributed by atoms with Gasteiger partial charge < -0.3 is 25.2 Å². The molecule has 1 atom stereocenters. The fourth-order valence-electron chi connectivity index (χ4n) is 3.27. The van der Waals surface area contributed by atoms with E-state index in [9.17, 15) is 19.5 Å². The number of rotatable bonds is 10. The molecule has 0 aromatic heterocycles. The second kappa shape index (κ2) is 11.4. The highest BCUT2D eigenvalue weighted by Gasteiger charge is 2.30. The molecule has 1 saturated carbocycles. The zero-order valence-electron chi connectivity index (χ0n) is 16.1. The molecule has 2 amide bonds. The topological polar surface area (TPSA) is 114 Å². The third-order valence-electron chi connectivity index (χ3n) is 4.79. The highest BCUT2D eigenvalue weighted by molar-refractivity contribution is 5.86. The van der Waals surface area contributed by atoms with Crippen molar-refractivity contribution in [2.24, 2.45) is 5.92 Å². The van der Waals surface area contributed by atoms with E-state index in [0.29, 0.717) is 44.5 Å². The van der Waals surface area contributed by atoms with Crippen LogP contribution in [-0.2, 0) is 23.9 Å². The summed E-state index contributed by atoms with van der Waals surface area (Å²) >= 11 is 0. The van der Waals surface area contributed by atoms with E-state index in [2.05, 4.69) is 10.6 Å².